The van der Waals surface area contributed by atoms with E-state index in [1.807, 2.05) is 0 Å². The SMILES string of the molecule is Cc1cc(C)cc(-c2nnc(NC(=O)CC3COCCN3)s2)c1.Cl. The van der Waals surface area contributed by atoms with Crippen molar-refractivity contribution in [1.29, 1.82) is 0 Å². The van der Waals surface area contributed by atoms with E-state index in [-0.39, 0.29) is 24.4 Å². The fourth-order valence-corrected chi connectivity index (χ4v) is 3.38. The molecule has 1 atom stereocenters. The number of morpholine rings is 1. The topological polar surface area (TPSA) is 76.1 Å². The summed E-state index contributed by atoms with van der Waals surface area (Å²) in [5, 5.41) is 15.7. The summed E-state index contributed by atoms with van der Waals surface area (Å²) in [6.07, 6.45) is 0.373. The second-order valence-electron chi connectivity index (χ2n) is 5.77. The number of benzene rings is 1. The van der Waals surface area contributed by atoms with Crippen molar-refractivity contribution in [3.05, 3.63) is 29.3 Å². The van der Waals surface area contributed by atoms with Crippen molar-refractivity contribution in [2.24, 2.45) is 0 Å². The largest absolute Gasteiger partial charge is 0.378 e. The molecular formula is C16H21ClN4O2S. The predicted molar refractivity (Wildman–Crippen MR) is 97.9 cm³/mol. The third kappa shape index (κ3) is 4.98. The average molecular weight is 369 g/mol. The van der Waals surface area contributed by atoms with Gasteiger partial charge in [-0.3, -0.25) is 4.79 Å². The van der Waals surface area contributed by atoms with Crippen molar-refractivity contribution in [2.45, 2.75) is 26.3 Å². The van der Waals surface area contributed by atoms with Crippen LogP contribution in [-0.2, 0) is 9.53 Å². The Morgan fingerprint density at radius 3 is 2.75 bits per heavy atom. The third-order valence-corrected chi connectivity index (χ3v) is 4.46. The van der Waals surface area contributed by atoms with Gasteiger partial charge in [0.05, 0.1) is 13.2 Å². The zero-order valence-electron chi connectivity index (χ0n) is 13.7. The molecule has 1 amide bonds. The number of ether oxygens (including phenoxy) is 1. The Balaban J connectivity index is 0.00000208. The minimum atomic E-state index is -0.0730. The lowest BCUT2D eigenvalue weighted by atomic mass is 10.1. The molecule has 1 fully saturated rings. The molecule has 8 heteroatoms. The molecule has 1 aliphatic rings. The van der Waals surface area contributed by atoms with Gasteiger partial charge in [0.25, 0.3) is 0 Å². The molecule has 1 aromatic carbocycles. The first-order chi connectivity index (χ1) is 11.1. The minimum absolute atomic E-state index is 0. The number of nitrogens with one attached hydrogen (secondary N) is 2. The van der Waals surface area contributed by atoms with E-state index in [9.17, 15) is 4.79 Å². The van der Waals surface area contributed by atoms with Gasteiger partial charge >= 0.3 is 0 Å². The van der Waals surface area contributed by atoms with E-state index in [0.29, 0.717) is 24.8 Å². The van der Waals surface area contributed by atoms with E-state index < -0.39 is 0 Å². The first-order valence-electron chi connectivity index (χ1n) is 7.63. The number of aromatic nitrogens is 2. The van der Waals surface area contributed by atoms with Crippen molar-refractivity contribution in [1.82, 2.24) is 15.5 Å². The van der Waals surface area contributed by atoms with Crippen molar-refractivity contribution < 1.29 is 9.53 Å². The molecule has 0 saturated carbocycles. The molecule has 2 heterocycles. The lowest BCUT2D eigenvalue weighted by molar-refractivity contribution is -0.117. The van der Waals surface area contributed by atoms with Crippen LogP contribution in [0.2, 0.25) is 0 Å². The average Bonchev–Trinajstić information content (AvgIpc) is 2.95. The Bertz CT molecular complexity index is 681. The number of carbonyl (C=O) groups is 1. The second kappa shape index (κ2) is 8.53. The molecule has 1 unspecified atom stereocenters. The van der Waals surface area contributed by atoms with Gasteiger partial charge in [0.15, 0.2) is 0 Å². The van der Waals surface area contributed by atoms with Gasteiger partial charge in [-0.2, -0.15) is 0 Å². The fourth-order valence-electron chi connectivity index (χ4n) is 2.63. The molecule has 0 bridgehead atoms. The first-order valence-corrected chi connectivity index (χ1v) is 8.45. The van der Waals surface area contributed by atoms with E-state index in [1.54, 1.807) is 0 Å². The smallest absolute Gasteiger partial charge is 0.227 e. The lowest BCUT2D eigenvalue weighted by Gasteiger charge is -2.22. The summed E-state index contributed by atoms with van der Waals surface area (Å²) in [5.74, 6) is -0.0730. The van der Waals surface area contributed by atoms with Gasteiger partial charge in [-0.1, -0.05) is 28.5 Å². The van der Waals surface area contributed by atoms with E-state index in [2.05, 4.69) is 52.9 Å². The van der Waals surface area contributed by atoms with E-state index in [1.165, 1.54) is 22.5 Å². The van der Waals surface area contributed by atoms with Gasteiger partial charge < -0.3 is 15.4 Å². The molecule has 1 saturated heterocycles. The van der Waals surface area contributed by atoms with Gasteiger partial charge in [-0.25, -0.2) is 0 Å². The predicted octanol–water partition coefficient (Wildman–Crippen LogP) is 2.56. The van der Waals surface area contributed by atoms with Crippen molar-refractivity contribution in [3.63, 3.8) is 0 Å². The van der Waals surface area contributed by atoms with Gasteiger partial charge in [-0.15, -0.1) is 22.6 Å². The van der Waals surface area contributed by atoms with Gasteiger partial charge in [-0.05, 0) is 26.0 Å². The van der Waals surface area contributed by atoms with Crippen LogP contribution in [0.1, 0.15) is 17.5 Å². The number of rotatable bonds is 4. The van der Waals surface area contributed by atoms with E-state index in [0.717, 1.165) is 17.1 Å². The number of nitrogens with zero attached hydrogens (tertiary/aromatic N) is 2. The highest BCUT2D eigenvalue weighted by Gasteiger charge is 2.18. The van der Waals surface area contributed by atoms with Crippen LogP contribution in [0.4, 0.5) is 5.13 Å². The summed E-state index contributed by atoms with van der Waals surface area (Å²) in [6, 6.07) is 6.33. The van der Waals surface area contributed by atoms with Crippen LogP contribution in [0, 0.1) is 13.8 Å². The van der Waals surface area contributed by atoms with Gasteiger partial charge in [0, 0.05) is 24.6 Å². The molecule has 2 N–H and O–H groups in total. The van der Waals surface area contributed by atoms with Gasteiger partial charge in [0.1, 0.15) is 5.01 Å². The Hall–Kier alpha value is -1.54. The summed E-state index contributed by atoms with van der Waals surface area (Å²) in [5.41, 5.74) is 3.40. The maximum atomic E-state index is 12.1. The normalized spacial score (nSPS) is 17.2. The Kier molecular flexibility index (Phi) is 6.68. The standard InChI is InChI=1S/C16H20N4O2S.ClH/c1-10-5-11(2)7-12(6-10)15-19-20-16(23-15)18-14(21)8-13-9-22-4-3-17-13;/h5-7,13,17H,3-4,8-9H2,1-2H3,(H,18,20,21);1H. The summed E-state index contributed by atoms with van der Waals surface area (Å²) < 4.78 is 5.35. The van der Waals surface area contributed by atoms with Crippen LogP contribution in [0.25, 0.3) is 10.6 Å². The van der Waals surface area contributed by atoms with Gasteiger partial charge in [0.2, 0.25) is 11.0 Å². The van der Waals surface area contributed by atoms with E-state index in [4.69, 9.17) is 4.74 Å². The van der Waals surface area contributed by atoms with Crippen LogP contribution >= 0.6 is 23.7 Å². The zero-order chi connectivity index (χ0) is 16.2. The number of halogens is 1. The maximum absolute atomic E-state index is 12.1. The van der Waals surface area contributed by atoms with Crippen molar-refractivity contribution >= 4 is 34.8 Å². The summed E-state index contributed by atoms with van der Waals surface area (Å²) in [7, 11) is 0. The number of anilines is 1. The summed E-state index contributed by atoms with van der Waals surface area (Å²) >= 11 is 1.39. The van der Waals surface area contributed by atoms with Crippen LogP contribution in [0.5, 0.6) is 0 Å². The molecule has 0 aliphatic carbocycles. The maximum Gasteiger partial charge on any atom is 0.227 e. The quantitative estimate of drug-likeness (QED) is 0.867. The molecule has 24 heavy (non-hydrogen) atoms. The summed E-state index contributed by atoms with van der Waals surface area (Å²) in [6.45, 7) is 6.16. The van der Waals surface area contributed by atoms with Crippen LogP contribution in [0.3, 0.4) is 0 Å². The number of hydrogen-bond acceptors (Lipinski definition) is 6. The number of amides is 1. The Labute approximate surface area is 151 Å². The molecule has 130 valence electrons. The number of aryl methyl sites for hydroxylation is 2. The first kappa shape index (κ1) is 18.8. The number of carbonyl (C=O) groups excluding carboxylic acids is 1. The zero-order valence-corrected chi connectivity index (χ0v) is 15.3. The highest BCUT2D eigenvalue weighted by atomic mass is 35.5. The van der Waals surface area contributed by atoms with Crippen molar-refractivity contribution in [2.75, 3.05) is 25.1 Å². The molecule has 1 aliphatic heterocycles. The van der Waals surface area contributed by atoms with Crippen LogP contribution < -0.4 is 10.6 Å². The molecular weight excluding hydrogens is 348 g/mol. The molecule has 2 aromatic rings. The lowest BCUT2D eigenvalue weighted by Crippen LogP contribution is -2.43. The molecule has 0 radical (unpaired) electrons. The Morgan fingerprint density at radius 1 is 1.33 bits per heavy atom. The van der Waals surface area contributed by atoms with Crippen molar-refractivity contribution in [3.8, 4) is 10.6 Å². The van der Waals surface area contributed by atoms with E-state index >= 15 is 0 Å². The highest BCUT2D eigenvalue weighted by Crippen LogP contribution is 2.28. The van der Waals surface area contributed by atoms with Crippen LogP contribution in [-0.4, -0.2) is 41.9 Å². The second-order valence-corrected chi connectivity index (χ2v) is 6.74. The Morgan fingerprint density at radius 2 is 2.08 bits per heavy atom. The molecule has 3 rings (SSSR count). The fraction of sp³-hybridized carbons (Fsp3) is 0.438. The highest BCUT2D eigenvalue weighted by molar-refractivity contribution is 7.18. The summed E-state index contributed by atoms with van der Waals surface area (Å²) in [4.78, 5) is 12.1. The molecule has 6 nitrogen and oxygen atoms in total. The number of hydrogen-bond donors (Lipinski definition) is 2. The minimum Gasteiger partial charge on any atom is -0.378 e. The van der Waals surface area contributed by atoms with Crippen LogP contribution in [0.15, 0.2) is 18.2 Å². The molecule has 0 spiro atoms. The monoisotopic (exact) mass is 368 g/mol. The third-order valence-electron chi connectivity index (χ3n) is 3.57. The molecule has 1 aromatic heterocycles.